The normalized spacial score (nSPS) is 25.1. The fourth-order valence-electron chi connectivity index (χ4n) is 2.31. The lowest BCUT2D eigenvalue weighted by Gasteiger charge is -2.14. The van der Waals surface area contributed by atoms with Crippen molar-refractivity contribution in [2.45, 2.75) is 37.6 Å². The van der Waals surface area contributed by atoms with E-state index in [1.54, 1.807) is 7.11 Å². The summed E-state index contributed by atoms with van der Waals surface area (Å²) >= 11 is 0. The number of methoxy groups -OCH3 is 1. The fraction of sp³-hybridized carbons (Fsp3) is 0.818. The maximum atomic E-state index is 5.32. The number of hydrogen-bond acceptors (Lipinski definition) is 5. The molecule has 0 amide bonds. The number of likely N-dealkylation sites (N-methyl/N-ethyl adjacent to an activating group) is 1. The molecule has 1 heterocycles. The number of rotatable bonds is 5. The van der Waals surface area contributed by atoms with Gasteiger partial charge in [-0.2, -0.15) is 4.98 Å². The minimum absolute atomic E-state index is 0.383. The van der Waals surface area contributed by atoms with E-state index in [1.165, 1.54) is 12.8 Å². The van der Waals surface area contributed by atoms with Crippen molar-refractivity contribution in [3.63, 3.8) is 0 Å². The molecule has 5 nitrogen and oxygen atoms in total. The molecule has 0 saturated heterocycles. The molecule has 5 heteroatoms. The number of hydrogen-bond donors (Lipinski definition) is 1. The number of nitrogens with zero attached hydrogens (tertiary/aromatic N) is 2. The molecular formula is C11H19N3O2. The van der Waals surface area contributed by atoms with Crippen LogP contribution in [0.4, 0.5) is 0 Å². The van der Waals surface area contributed by atoms with Crippen LogP contribution in [0.5, 0.6) is 0 Å². The smallest absolute Gasteiger partial charge is 0.231 e. The topological polar surface area (TPSA) is 60.2 Å². The molecule has 1 fully saturated rings. The molecule has 0 aliphatic heterocycles. The lowest BCUT2D eigenvalue weighted by atomic mass is 10.0. The van der Waals surface area contributed by atoms with Gasteiger partial charge in [-0.05, 0) is 19.9 Å². The standard InChI is InChI=1S/C11H19N3O2/c1-12-9-5-3-4-8(9)11-13-10(14-16-11)6-7-15-2/h8-9,12H,3-7H2,1-2H3/t8-,9+/m1/s1. The van der Waals surface area contributed by atoms with E-state index in [4.69, 9.17) is 9.26 Å². The maximum Gasteiger partial charge on any atom is 0.231 e. The van der Waals surface area contributed by atoms with Crippen LogP contribution in [0, 0.1) is 0 Å². The zero-order valence-electron chi connectivity index (χ0n) is 9.90. The van der Waals surface area contributed by atoms with Crippen molar-refractivity contribution in [1.82, 2.24) is 15.5 Å². The zero-order chi connectivity index (χ0) is 11.4. The summed E-state index contributed by atoms with van der Waals surface area (Å²) in [6.07, 6.45) is 4.28. The van der Waals surface area contributed by atoms with Crippen molar-refractivity contribution in [1.29, 1.82) is 0 Å². The van der Waals surface area contributed by atoms with E-state index in [2.05, 4.69) is 15.5 Å². The molecule has 0 spiro atoms. The molecule has 1 aromatic heterocycles. The SMILES string of the molecule is CN[C@H]1CCC[C@H]1c1nc(CCOC)no1. The summed E-state index contributed by atoms with van der Waals surface area (Å²) in [5.74, 6) is 1.91. The Balaban J connectivity index is 2.00. The minimum atomic E-state index is 0.383. The van der Waals surface area contributed by atoms with Crippen LogP contribution in [0.2, 0.25) is 0 Å². The molecule has 16 heavy (non-hydrogen) atoms. The lowest BCUT2D eigenvalue weighted by Crippen LogP contribution is -2.27. The molecule has 2 rings (SSSR count). The Kier molecular flexibility index (Phi) is 3.90. The van der Waals surface area contributed by atoms with Gasteiger partial charge in [0.05, 0.1) is 12.5 Å². The van der Waals surface area contributed by atoms with Gasteiger partial charge in [0.1, 0.15) is 0 Å². The van der Waals surface area contributed by atoms with Crippen molar-refractivity contribution in [3.8, 4) is 0 Å². The molecule has 2 atom stereocenters. The predicted molar refractivity (Wildman–Crippen MR) is 59.3 cm³/mol. The van der Waals surface area contributed by atoms with Crippen molar-refractivity contribution >= 4 is 0 Å². The average molecular weight is 225 g/mol. The second kappa shape index (κ2) is 5.41. The third-order valence-corrected chi connectivity index (χ3v) is 3.22. The van der Waals surface area contributed by atoms with E-state index in [9.17, 15) is 0 Å². The molecule has 1 N–H and O–H groups in total. The molecule has 0 bridgehead atoms. The molecule has 0 aromatic carbocycles. The lowest BCUT2D eigenvalue weighted by molar-refractivity contribution is 0.199. The Bertz CT molecular complexity index is 327. The molecule has 0 unspecified atom stereocenters. The molecule has 0 radical (unpaired) electrons. The summed E-state index contributed by atoms with van der Waals surface area (Å²) in [6.45, 7) is 0.638. The zero-order valence-corrected chi connectivity index (χ0v) is 9.90. The first-order chi connectivity index (χ1) is 7.85. The Morgan fingerprint density at radius 3 is 3.12 bits per heavy atom. The minimum Gasteiger partial charge on any atom is -0.384 e. The highest BCUT2D eigenvalue weighted by molar-refractivity contribution is 5.02. The molecule has 1 aromatic rings. The number of ether oxygens (including phenoxy) is 1. The van der Waals surface area contributed by atoms with Gasteiger partial charge in [0.15, 0.2) is 5.82 Å². The Hall–Kier alpha value is -0.940. The third kappa shape index (κ3) is 2.41. The van der Waals surface area contributed by atoms with E-state index in [-0.39, 0.29) is 0 Å². The van der Waals surface area contributed by atoms with Gasteiger partial charge in [-0.1, -0.05) is 11.6 Å². The van der Waals surface area contributed by atoms with Gasteiger partial charge in [-0.15, -0.1) is 0 Å². The summed E-state index contributed by atoms with van der Waals surface area (Å²) in [5, 5.41) is 7.29. The summed E-state index contributed by atoms with van der Waals surface area (Å²) in [5.41, 5.74) is 0. The van der Waals surface area contributed by atoms with E-state index >= 15 is 0 Å². The van der Waals surface area contributed by atoms with Crippen LogP contribution in [0.15, 0.2) is 4.52 Å². The highest BCUT2D eigenvalue weighted by atomic mass is 16.5. The van der Waals surface area contributed by atoms with Crippen molar-refractivity contribution in [2.24, 2.45) is 0 Å². The van der Waals surface area contributed by atoms with Gasteiger partial charge in [0.25, 0.3) is 0 Å². The molecule has 1 aliphatic rings. The maximum absolute atomic E-state index is 5.32. The average Bonchev–Trinajstić information content (AvgIpc) is 2.94. The second-order valence-corrected chi connectivity index (χ2v) is 4.22. The first-order valence-corrected chi connectivity index (χ1v) is 5.84. The summed E-state index contributed by atoms with van der Waals surface area (Å²) < 4.78 is 10.3. The summed E-state index contributed by atoms with van der Waals surface area (Å²) in [6, 6.07) is 0.482. The van der Waals surface area contributed by atoms with Crippen molar-refractivity contribution in [2.75, 3.05) is 20.8 Å². The van der Waals surface area contributed by atoms with Gasteiger partial charge in [0, 0.05) is 19.6 Å². The molecule has 90 valence electrons. The van der Waals surface area contributed by atoms with Gasteiger partial charge in [0.2, 0.25) is 5.89 Å². The van der Waals surface area contributed by atoms with E-state index in [0.29, 0.717) is 18.6 Å². The van der Waals surface area contributed by atoms with Crippen LogP contribution in [0.3, 0.4) is 0 Å². The largest absolute Gasteiger partial charge is 0.384 e. The van der Waals surface area contributed by atoms with Crippen LogP contribution in [-0.2, 0) is 11.2 Å². The van der Waals surface area contributed by atoms with E-state index in [1.807, 2.05) is 7.05 Å². The molecule has 1 aliphatic carbocycles. The highest BCUT2D eigenvalue weighted by Gasteiger charge is 2.31. The van der Waals surface area contributed by atoms with Crippen LogP contribution in [-0.4, -0.2) is 36.9 Å². The Morgan fingerprint density at radius 1 is 1.50 bits per heavy atom. The van der Waals surface area contributed by atoms with Crippen molar-refractivity contribution in [3.05, 3.63) is 11.7 Å². The Labute approximate surface area is 95.6 Å². The van der Waals surface area contributed by atoms with E-state index in [0.717, 1.165) is 24.6 Å². The van der Waals surface area contributed by atoms with Gasteiger partial charge < -0.3 is 14.6 Å². The van der Waals surface area contributed by atoms with Crippen LogP contribution >= 0.6 is 0 Å². The van der Waals surface area contributed by atoms with E-state index < -0.39 is 0 Å². The molecular weight excluding hydrogens is 206 g/mol. The highest BCUT2D eigenvalue weighted by Crippen LogP contribution is 2.33. The predicted octanol–water partition coefficient (Wildman–Crippen LogP) is 1.11. The number of aromatic nitrogens is 2. The number of nitrogens with one attached hydrogen (secondary N) is 1. The van der Waals surface area contributed by atoms with Gasteiger partial charge in [-0.25, -0.2) is 0 Å². The van der Waals surface area contributed by atoms with Gasteiger partial charge >= 0.3 is 0 Å². The summed E-state index contributed by atoms with van der Waals surface area (Å²) in [4.78, 5) is 4.43. The van der Waals surface area contributed by atoms with Gasteiger partial charge in [-0.3, -0.25) is 0 Å². The van der Waals surface area contributed by atoms with Crippen molar-refractivity contribution < 1.29 is 9.26 Å². The van der Waals surface area contributed by atoms with Crippen LogP contribution in [0.1, 0.15) is 36.9 Å². The first kappa shape index (κ1) is 11.5. The quantitative estimate of drug-likeness (QED) is 0.813. The van der Waals surface area contributed by atoms with Crippen LogP contribution in [0.25, 0.3) is 0 Å². The Morgan fingerprint density at radius 2 is 2.38 bits per heavy atom. The summed E-state index contributed by atoms with van der Waals surface area (Å²) in [7, 11) is 3.67. The third-order valence-electron chi connectivity index (χ3n) is 3.22. The van der Waals surface area contributed by atoms with Crippen LogP contribution < -0.4 is 5.32 Å². The monoisotopic (exact) mass is 225 g/mol. The fourth-order valence-corrected chi connectivity index (χ4v) is 2.31. The molecule has 1 saturated carbocycles. The first-order valence-electron chi connectivity index (χ1n) is 5.84. The second-order valence-electron chi connectivity index (χ2n) is 4.22.